The number of nitrogens with two attached hydrogens (primary N) is 1. The minimum Gasteiger partial charge on any atom is -0.463 e. The average molecular weight is 347 g/mol. The van der Waals surface area contributed by atoms with Crippen molar-refractivity contribution in [3.8, 4) is 0 Å². The van der Waals surface area contributed by atoms with Crippen molar-refractivity contribution in [2.24, 2.45) is 11.7 Å². The SMILES string of the molecule is CC1C(=O)NOC1(C)C.CCOC(=O)C(C)=C(C)C.NC(=O)NO. The Balaban J connectivity index is 0. The molecule has 1 fully saturated rings. The Kier molecular flexibility index (Phi) is 11.5. The van der Waals surface area contributed by atoms with Gasteiger partial charge in [0.25, 0.3) is 0 Å². The van der Waals surface area contributed by atoms with Gasteiger partial charge >= 0.3 is 12.0 Å². The van der Waals surface area contributed by atoms with Gasteiger partial charge in [0.2, 0.25) is 5.91 Å². The molecule has 1 atom stereocenters. The predicted octanol–water partition coefficient (Wildman–Crippen LogP) is 1.41. The van der Waals surface area contributed by atoms with Crippen molar-refractivity contribution >= 4 is 17.9 Å². The lowest BCUT2D eigenvalue weighted by Crippen LogP contribution is -2.27. The molecule has 1 unspecified atom stereocenters. The molecular weight excluding hydrogens is 318 g/mol. The number of nitrogens with one attached hydrogen (secondary N) is 2. The van der Waals surface area contributed by atoms with Gasteiger partial charge in [0, 0.05) is 5.57 Å². The van der Waals surface area contributed by atoms with Crippen molar-refractivity contribution in [3.63, 3.8) is 0 Å². The molecule has 0 radical (unpaired) electrons. The molecule has 0 spiro atoms. The van der Waals surface area contributed by atoms with Crippen LogP contribution in [0.4, 0.5) is 4.79 Å². The van der Waals surface area contributed by atoms with E-state index in [0.29, 0.717) is 12.2 Å². The van der Waals surface area contributed by atoms with Gasteiger partial charge in [-0.05, 0) is 41.5 Å². The molecule has 0 aromatic carbocycles. The van der Waals surface area contributed by atoms with E-state index in [0.717, 1.165) is 5.57 Å². The third kappa shape index (κ3) is 9.80. The number of hydroxylamine groups is 2. The number of hydrogen-bond donors (Lipinski definition) is 4. The highest BCUT2D eigenvalue weighted by atomic mass is 16.7. The molecule has 1 heterocycles. The summed E-state index contributed by atoms with van der Waals surface area (Å²) < 4.78 is 4.77. The molecule has 1 saturated heterocycles. The number of amides is 3. The Bertz CT molecular complexity index is 470. The molecular formula is C15H29N3O6. The number of hydrogen-bond acceptors (Lipinski definition) is 6. The Morgan fingerprint density at radius 1 is 1.38 bits per heavy atom. The zero-order chi connectivity index (χ0) is 19.5. The largest absolute Gasteiger partial charge is 0.463 e. The molecule has 9 nitrogen and oxygen atoms in total. The number of carbonyl (C=O) groups is 3. The molecule has 24 heavy (non-hydrogen) atoms. The molecule has 9 heteroatoms. The Morgan fingerprint density at radius 3 is 2.00 bits per heavy atom. The third-order valence-electron chi connectivity index (χ3n) is 3.29. The zero-order valence-corrected chi connectivity index (χ0v) is 15.4. The van der Waals surface area contributed by atoms with Crippen LogP contribution in [0.2, 0.25) is 0 Å². The first-order chi connectivity index (χ1) is 10.9. The van der Waals surface area contributed by atoms with Crippen molar-refractivity contribution in [1.29, 1.82) is 0 Å². The lowest BCUT2D eigenvalue weighted by Gasteiger charge is -2.17. The topological polar surface area (TPSA) is 140 Å². The molecule has 3 amide bonds. The van der Waals surface area contributed by atoms with Gasteiger partial charge in [0.15, 0.2) is 0 Å². The van der Waals surface area contributed by atoms with Gasteiger partial charge in [0.05, 0.1) is 12.5 Å². The summed E-state index contributed by atoms with van der Waals surface area (Å²) in [4.78, 5) is 35.9. The van der Waals surface area contributed by atoms with Crippen molar-refractivity contribution in [2.75, 3.05) is 6.61 Å². The quantitative estimate of drug-likeness (QED) is 0.258. The number of urea groups is 1. The Hall–Kier alpha value is -2.13. The summed E-state index contributed by atoms with van der Waals surface area (Å²) in [6.07, 6.45) is 0. The zero-order valence-electron chi connectivity index (χ0n) is 15.4. The van der Waals surface area contributed by atoms with E-state index in [2.05, 4.69) is 11.2 Å². The maximum atomic E-state index is 10.9. The van der Waals surface area contributed by atoms with Crippen LogP contribution < -0.4 is 16.7 Å². The normalized spacial score (nSPS) is 17.2. The van der Waals surface area contributed by atoms with Crippen LogP contribution >= 0.6 is 0 Å². The standard InChI is InChI=1S/C8H14O2.C6H11NO2.CH4N2O2/c1-5-10-8(9)7(4)6(2)3;1-4-5(8)7-9-6(4,2)3;2-1(4)3-5/h5H2,1-4H3;4H,1-3H3,(H,7,8);5H,(H3,2,3,4). The summed E-state index contributed by atoms with van der Waals surface area (Å²) in [5.74, 6) is -0.278. The lowest BCUT2D eigenvalue weighted by atomic mass is 9.94. The van der Waals surface area contributed by atoms with E-state index in [1.54, 1.807) is 13.8 Å². The maximum Gasteiger partial charge on any atom is 0.335 e. The average Bonchev–Trinajstić information content (AvgIpc) is 2.74. The monoisotopic (exact) mass is 347 g/mol. The van der Waals surface area contributed by atoms with E-state index in [4.69, 9.17) is 14.8 Å². The summed E-state index contributed by atoms with van der Waals surface area (Å²) in [6.45, 7) is 13.4. The Morgan fingerprint density at radius 2 is 1.83 bits per heavy atom. The van der Waals surface area contributed by atoms with Crippen LogP contribution in [0.25, 0.3) is 0 Å². The second-order valence-electron chi connectivity index (χ2n) is 5.72. The molecule has 0 aliphatic carbocycles. The van der Waals surface area contributed by atoms with E-state index in [1.165, 1.54) is 5.48 Å². The maximum absolute atomic E-state index is 10.9. The molecule has 0 saturated carbocycles. The van der Waals surface area contributed by atoms with Gasteiger partial charge in [-0.15, -0.1) is 0 Å². The molecule has 1 rings (SSSR count). The van der Waals surface area contributed by atoms with Crippen molar-refractivity contribution in [1.82, 2.24) is 11.0 Å². The van der Waals surface area contributed by atoms with Crippen LogP contribution in [-0.2, 0) is 19.2 Å². The van der Waals surface area contributed by atoms with E-state index in [9.17, 15) is 14.4 Å². The number of ether oxygens (including phenoxy) is 1. The second kappa shape index (κ2) is 11.4. The minimum absolute atomic E-state index is 0.0278. The molecule has 1 aliphatic heterocycles. The molecule has 140 valence electrons. The van der Waals surface area contributed by atoms with Gasteiger partial charge in [-0.2, -0.15) is 0 Å². The van der Waals surface area contributed by atoms with Gasteiger partial charge in [-0.3, -0.25) is 14.8 Å². The van der Waals surface area contributed by atoms with Crippen LogP contribution in [0, 0.1) is 5.92 Å². The van der Waals surface area contributed by atoms with Crippen LogP contribution in [0.3, 0.4) is 0 Å². The number of rotatable bonds is 2. The van der Waals surface area contributed by atoms with E-state index in [-0.39, 0.29) is 23.4 Å². The number of esters is 1. The van der Waals surface area contributed by atoms with E-state index < -0.39 is 6.03 Å². The minimum atomic E-state index is -0.940. The van der Waals surface area contributed by atoms with Crippen LogP contribution in [0.15, 0.2) is 11.1 Å². The molecule has 0 aromatic rings. The fourth-order valence-corrected chi connectivity index (χ4v) is 1.12. The summed E-state index contributed by atoms with van der Waals surface area (Å²) in [7, 11) is 0. The van der Waals surface area contributed by atoms with E-state index in [1.807, 2.05) is 34.6 Å². The fraction of sp³-hybridized carbons (Fsp3) is 0.667. The highest BCUT2D eigenvalue weighted by Crippen LogP contribution is 2.24. The fourth-order valence-electron chi connectivity index (χ4n) is 1.12. The first kappa shape index (κ1) is 24.1. The van der Waals surface area contributed by atoms with Crippen molar-refractivity contribution in [2.45, 2.75) is 54.1 Å². The van der Waals surface area contributed by atoms with E-state index >= 15 is 0 Å². The number of allylic oxidation sites excluding steroid dienone is 1. The van der Waals surface area contributed by atoms with Crippen LogP contribution in [0.1, 0.15) is 48.5 Å². The van der Waals surface area contributed by atoms with Crippen LogP contribution in [0.5, 0.6) is 0 Å². The Labute approximate surface area is 142 Å². The first-order valence-electron chi connectivity index (χ1n) is 7.39. The molecule has 1 aliphatic rings. The molecule has 0 bridgehead atoms. The van der Waals surface area contributed by atoms with Gasteiger partial charge < -0.3 is 10.5 Å². The summed E-state index contributed by atoms with van der Waals surface area (Å²) in [5.41, 5.74) is 9.17. The highest BCUT2D eigenvalue weighted by Gasteiger charge is 2.39. The molecule has 5 N–H and O–H groups in total. The van der Waals surface area contributed by atoms with Crippen molar-refractivity contribution < 1.29 is 29.2 Å². The summed E-state index contributed by atoms with van der Waals surface area (Å²) in [5, 5.41) is 7.42. The van der Waals surface area contributed by atoms with Gasteiger partial charge in [-0.25, -0.2) is 20.5 Å². The highest BCUT2D eigenvalue weighted by molar-refractivity contribution is 5.88. The smallest absolute Gasteiger partial charge is 0.335 e. The summed E-state index contributed by atoms with van der Waals surface area (Å²) >= 11 is 0. The number of carbonyl (C=O) groups excluding carboxylic acids is 3. The van der Waals surface area contributed by atoms with Gasteiger partial charge in [-0.1, -0.05) is 12.5 Å². The lowest BCUT2D eigenvalue weighted by molar-refractivity contribution is -0.138. The predicted molar refractivity (Wildman–Crippen MR) is 87.7 cm³/mol. The first-order valence-corrected chi connectivity index (χ1v) is 7.39. The second-order valence-corrected chi connectivity index (χ2v) is 5.72. The molecule has 0 aromatic heterocycles. The number of primary amides is 1. The summed E-state index contributed by atoms with van der Waals surface area (Å²) in [6, 6.07) is -0.940. The van der Waals surface area contributed by atoms with Gasteiger partial charge in [0.1, 0.15) is 5.60 Å². The van der Waals surface area contributed by atoms with Crippen LogP contribution in [-0.4, -0.2) is 35.3 Å². The van der Waals surface area contributed by atoms with Crippen molar-refractivity contribution in [3.05, 3.63) is 11.1 Å². The third-order valence-corrected chi connectivity index (χ3v) is 3.29.